The van der Waals surface area contributed by atoms with Crippen molar-refractivity contribution in [2.24, 2.45) is 0 Å². The number of carboxylic acids is 1. The number of carbonyl (C=O) groups excluding carboxylic acids is 1. The highest BCUT2D eigenvalue weighted by Gasteiger charge is 2.37. The van der Waals surface area contributed by atoms with E-state index in [0.29, 0.717) is 28.3 Å². The van der Waals surface area contributed by atoms with Crippen LogP contribution < -0.4 is 0 Å². The maximum absolute atomic E-state index is 14.0. The van der Waals surface area contributed by atoms with Crippen LogP contribution in [-0.2, 0) is 9.53 Å². The number of hydrogen-bond acceptors (Lipinski definition) is 3. The van der Waals surface area contributed by atoms with E-state index in [1.165, 1.54) is 24.1 Å². The fraction of sp³-hybridized carbons (Fsp3) is 0.375. The normalized spacial score (nSPS) is 20.7. The number of halogens is 2. The van der Waals surface area contributed by atoms with Crippen molar-refractivity contribution >= 4 is 38.7 Å². The first-order chi connectivity index (χ1) is 11.4. The summed E-state index contributed by atoms with van der Waals surface area (Å²) in [5, 5.41) is 9.36. The average molecular weight is 399 g/mol. The molecule has 3 rings (SSSR count). The molecule has 1 saturated heterocycles. The summed E-state index contributed by atoms with van der Waals surface area (Å²) < 4.78 is 19.8. The molecule has 2 aromatic rings. The summed E-state index contributed by atoms with van der Waals surface area (Å²) in [5.74, 6) is -1.76. The Hall–Kier alpha value is -1.93. The zero-order valence-corrected chi connectivity index (χ0v) is 14.5. The van der Waals surface area contributed by atoms with E-state index >= 15 is 0 Å². The Labute approximate surface area is 145 Å². The first-order valence-corrected chi connectivity index (χ1v) is 8.21. The molecule has 0 aliphatic carbocycles. The number of aliphatic carboxylic acids is 1. The Morgan fingerprint density at radius 1 is 1.46 bits per heavy atom. The fourth-order valence-electron chi connectivity index (χ4n) is 3.12. The Morgan fingerprint density at radius 2 is 2.21 bits per heavy atom. The molecule has 0 spiro atoms. The molecular weight excluding hydrogens is 383 g/mol. The van der Waals surface area contributed by atoms with Crippen LogP contribution in [0.15, 0.2) is 22.7 Å². The number of fused-ring (bicyclic) bond motifs is 1. The molecule has 1 amide bonds. The predicted molar refractivity (Wildman–Crippen MR) is 88.4 cm³/mol. The smallest absolute Gasteiger partial charge is 0.305 e. The molecule has 1 aromatic carbocycles. The van der Waals surface area contributed by atoms with Gasteiger partial charge in [-0.2, -0.15) is 0 Å². The number of likely N-dealkylation sites (tertiary alicyclic amines) is 1. The van der Waals surface area contributed by atoms with Crippen LogP contribution in [0, 0.1) is 5.82 Å². The van der Waals surface area contributed by atoms with Crippen molar-refractivity contribution < 1.29 is 23.8 Å². The van der Waals surface area contributed by atoms with E-state index in [2.05, 4.69) is 20.9 Å². The lowest BCUT2D eigenvalue weighted by Crippen LogP contribution is -2.37. The SMILES string of the molecule is COC1CC(CC(=O)O)N(C(=O)c2cc3c(F)cc(Br)cc3[nH]2)C1. The van der Waals surface area contributed by atoms with Gasteiger partial charge in [-0.15, -0.1) is 0 Å². The summed E-state index contributed by atoms with van der Waals surface area (Å²) >= 11 is 3.21. The Balaban J connectivity index is 1.92. The number of methoxy groups -OCH3 is 1. The van der Waals surface area contributed by atoms with Gasteiger partial charge in [0.25, 0.3) is 5.91 Å². The summed E-state index contributed by atoms with van der Waals surface area (Å²) in [5.41, 5.74) is 0.733. The van der Waals surface area contributed by atoms with Crippen molar-refractivity contribution in [3.63, 3.8) is 0 Å². The van der Waals surface area contributed by atoms with Crippen LogP contribution in [0.5, 0.6) is 0 Å². The number of carbonyl (C=O) groups is 2. The topological polar surface area (TPSA) is 82.6 Å². The maximum atomic E-state index is 14.0. The minimum absolute atomic E-state index is 0.147. The van der Waals surface area contributed by atoms with E-state index < -0.39 is 17.8 Å². The number of aromatic nitrogens is 1. The summed E-state index contributed by atoms with van der Waals surface area (Å²) in [4.78, 5) is 28.2. The lowest BCUT2D eigenvalue weighted by molar-refractivity contribution is -0.138. The van der Waals surface area contributed by atoms with Crippen LogP contribution in [0.3, 0.4) is 0 Å². The Kier molecular flexibility index (Phi) is 4.60. The quantitative estimate of drug-likeness (QED) is 0.829. The van der Waals surface area contributed by atoms with Crippen LogP contribution in [0.1, 0.15) is 23.3 Å². The number of nitrogens with zero attached hydrogens (tertiary/aromatic N) is 1. The highest BCUT2D eigenvalue weighted by molar-refractivity contribution is 9.10. The van der Waals surface area contributed by atoms with Crippen molar-refractivity contribution in [3.8, 4) is 0 Å². The van der Waals surface area contributed by atoms with Crippen molar-refractivity contribution in [3.05, 3.63) is 34.2 Å². The van der Waals surface area contributed by atoms with Gasteiger partial charge in [0.15, 0.2) is 0 Å². The van der Waals surface area contributed by atoms with Gasteiger partial charge >= 0.3 is 5.97 Å². The van der Waals surface area contributed by atoms with Gasteiger partial charge < -0.3 is 19.7 Å². The minimum Gasteiger partial charge on any atom is -0.481 e. The van der Waals surface area contributed by atoms with Gasteiger partial charge in [-0.3, -0.25) is 9.59 Å². The monoisotopic (exact) mass is 398 g/mol. The molecule has 128 valence electrons. The number of ether oxygens (including phenoxy) is 1. The van der Waals surface area contributed by atoms with E-state index in [0.717, 1.165) is 0 Å². The van der Waals surface area contributed by atoms with E-state index in [1.54, 1.807) is 6.07 Å². The highest BCUT2D eigenvalue weighted by atomic mass is 79.9. The molecular formula is C16H16BrFN2O4. The van der Waals surface area contributed by atoms with Crippen molar-refractivity contribution in [1.82, 2.24) is 9.88 Å². The lowest BCUT2D eigenvalue weighted by atomic mass is 10.1. The molecule has 0 saturated carbocycles. The Bertz CT molecular complexity index is 807. The molecule has 2 unspecified atom stereocenters. The van der Waals surface area contributed by atoms with Crippen molar-refractivity contribution in [2.75, 3.05) is 13.7 Å². The number of aromatic amines is 1. The first kappa shape index (κ1) is 16.9. The zero-order chi connectivity index (χ0) is 17.4. The summed E-state index contributed by atoms with van der Waals surface area (Å²) in [6.45, 7) is 0.314. The number of H-pyrrole nitrogens is 1. The number of nitrogens with one attached hydrogen (secondary N) is 1. The highest BCUT2D eigenvalue weighted by Crippen LogP contribution is 2.28. The van der Waals surface area contributed by atoms with Gasteiger partial charge in [-0.05, 0) is 24.6 Å². The van der Waals surface area contributed by atoms with Crippen molar-refractivity contribution in [2.45, 2.75) is 25.0 Å². The molecule has 6 nitrogen and oxygen atoms in total. The van der Waals surface area contributed by atoms with Crippen LogP contribution in [0.2, 0.25) is 0 Å². The Morgan fingerprint density at radius 3 is 2.88 bits per heavy atom. The lowest BCUT2D eigenvalue weighted by Gasteiger charge is -2.22. The second-order valence-electron chi connectivity index (χ2n) is 5.83. The van der Waals surface area contributed by atoms with Crippen LogP contribution >= 0.6 is 15.9 Å². The van der Waals surface area contributed by atoms with Gasteiger partial charge in [-0.1, -0.05) is 15.9 Å². The summed E-state index contributed by atoms with van der Waals surface area (Å²) in [6.07, 6.45) is 0.119. The minimum atomic E-state index is -0.971. The molecule has 8 heteroatoms. The standard InChI is InChI=1S/C16H16BrFN2O4/c1-24-10-4-9(5-15(21)22)20(7-10)16(23)14-6-11-12(18)2-8(17)3-13(11)19-14/h2-3,6,9-10,19H,4-5,7H2,1H3,(H,21,22). The van der Waals surface area contributed by atoms with Gasteiger partial charge in [0.1, 0.15) is 11.5 Å². The molecule has 1 aliphatic heterocycles. The van der Waals surface area contributed by atoms with Crippen LogP contribution in [0.25, 0.3) is 10.9 Å². The van der Waals surface area contributed by atoms with E-state index in [4.69, 9.17) is 9.84 Å². The van der Waals surface area contributed by atoms with E-state index in [9.17, 15) is 14.0 Å². The summed E-state index contributed by atoms with van der Waals surface area (Å²) in [7, 11) is 1.53. The predicted octanol–water partition coefficient (Wildman–Crippen LogP) is 2.77. The molecule has 1 aliphatic rings. The number of hydrogen-bond donors (Lipinski definition) is 2. The van der Waals surface area contributed by atoms with Gasteiger partial charge in [0, 0.05) is 29.6 Å². The molecule has 1 fully saturated rings. The molecule has 2 N–H and O–H groups in total. The third-order valence-electron chi connectivity index (χ3n) is 4.26. The van der Waals surface area contributed by atoms with Gasteiger partial charge in [0.2, 0.25) is 0 Å². The average Bonchev–Trinajstić information content (AvgIpc) is 3.10. The van der Waals surface area contributed by atoms with E-state index in [1.807, 2.05) is 0 Å². The van der Waals surface area contributed by atoms with Gasteiger partial charge in [-0.25, -0.2) is 4.39 Å². The van der Waals surface area contributed by atoms with Crippen LogP contribution in [-0.4, -0.2) is 52.7 Å². The molecule has 2 atom stereocenters. The van der Waals surface area contributed by atoms with E-state index in [-0.39, 0.29) is 24.1 Å². The number of amides is 1. The number of rotatable bonds is 4. The maximum Gasteiger partial charge on any atom is 0.305 e. The molecule has 2 heterocycles. The van der Waals surface area contributed by atoms with Gasteiger partial charge in [0.05, 0.1) is 18.0 Å². The largest absolute Gasteiger partial charge is 0.481 e. The van der Waals surface area contributed by atoms with Crippen molar-refractivity contribution in [1.29, 1.82) is 0 Å². The van der Waals surface area contributed by atoms with Crippen LogP contribution in [0.4, 0.5) is 4.39 Å². The third-order valence-corrected chi connectivity index (χ3v) is 4.72. The first-order valence-electron chi connectivity index (χ1n) is 7.42. The third kappa shape index (κ3) is 3.16. The molecule has 0 bridgehead atoms. The molecule has 0 radical (unpaired) electrons. The number of benzene rings is 1. The molecule has 24 heavy (non-hydrogen) atoms. The molecule has 1 aromatic heterocycles. The second kappa shape index (κ2) is 6.52. The zero-order valence-electron chi connectivity index (χ0n) is 12.9. The fourth-order valence-corrected chi connectivity index (χ4v) is 3.55. The summed E-state index contributed by atoms with van der Waals surface area (Å²) in [6, 6.07) is 4.03. The second-order valence-corrected chi connectivity index (χ2v) is 6.75. The number of carboxylic acid groups (broad SMARTS) is 1.